The number of nitrogens with zero attached hydrogens (tertiary/aromatic N) is 1. The highest BCUT2D eigenvalue weighted by atomic mass is 35.5. The van der Waals surface area contributed by atoms with Gasteiger partial charge >= 0.3 is 0 Å². The van der Waals surface area contributed by atoms with Gasteiger partial charge in [-0.2, -0.15) is 0 Å². The van der Waals surface area contributed by atoms with Crippen LogP contribution in [0.4, 0.5) is 5.69 Å². The molecule has 1 aliphatic heterocycles. The molecule has 2 aliphatic rings. The molecule has 3 rings (SSSR count). The zero-order valence-electron chi connectivity index (χ0n) is 14.8. The van der Waals surface area contributed by atoms with Crippen LogP contribution in [0.15, 0.2) is 24.3 Å². The maximum absolute atomic E-state index is 12.7. The first-order chi connectivity index (χ1) is 11.6. The molecule has 0 radical (unpaired) electrons. The quantitative estimate of drug-likeness (QED) is 0.865. The van der Waals surface area contributed by atoms with Gasteiger partial charge in [-0.3, -0.25) is 9.59 Å². The van der Waals surface area contributed by atoms with E-state index >= 15 is 0 Å². The Kier molecular flexibility index (Phi) is 7.26. The molecule has 1 aromatic carbocycles. The van der Waals surface area contributed by atoms with Crippen molar-refractivity contribution in [3.63, 3.8) is 0 Å². The molecule has 138 valence electrons. The average molecular weight is 366 g/mol. The normalized spacial score (nSPS) is 21.3. The molecular formula is C19H28ClN3O2. The first kappa shape index (κ1) is 19.7. The average Bonchev–Trinajstić information content (AvgIpc) is 2.62. The molecule has 1 atom stereocenters. The third-order valence-corrected chi connectivity index (χ3v) is 5.12. The van der Waals surface area contributed by atoms with Crippen LogP contribution in [-0.4, -0.2) is 42.4 Å². The van der Waals surface area contributed by atoms with Crippen molar-refractivity contribution >= 4 is 29.9 Å². The predicted molar refractivity (Wildman–Crippen MR) is 102 cm³/mol. The van der Waals surface area contributed by atoms with E-state index in [1.54, 1.807) is 6.07 Å². The Morgan fingerprint density at radius 3 is 2.68 bits per heavy atom. The fourth-order valence-electron chi connectivity index (χ4n) is 3.65. The Morgan fingerprint density at radius 2 is 1.96 bits per heavy atom. The number of nitrogens with one attached hydrogen (secondary N) is 2. The minimum Gasteiger partial charge on any atom is -0.333 e. The summed E-state index contributed by atoms with van der Waals surface area (Å²) in [4.78, 5) is 27.0. The fraction of sp³-hybridized carbons (Fsp3) is 0.579. The first-order valence-electron chi connectivity index (χ1n) is 9.08. The lowest BCUT2D eigenvalue weighted by molar-refractivity contribution is -0.120. The number of amides is 2. The van der Waals surface area contributed by atoms with Gasteiger partial charge in [-0.1, -0.05) is 25.3 Å². The number of rotatable bonds is 3. The Balaban J connectivity index is 0.00000225. The highest BCUT2D eigenvalue weighted by Crippen LogP contribution is 2.25. The van der Waals surface area contributed by atoms with Crippen LogP contribution in [0.5, 0.6) is 0 Å². The summed E-state index contributed by atoms with van der Waals surface area (Å²) < 4.78 is 0. The Labute approximate surface area is 155 Å². The molecule has 1 aliphatic carbocycles. The second-order valence-corrected chi connectivity index (χ2v) is 6.96. The highest BCUT2D eigenvalue weighted by molar-refractivity contribution is 5.97. The minimum atomic E-state index is 0. The number of benzene rings is 1. The molecule has 2 amide bonds. The van der Waals surface area contributed by atoms with E-state index in [4.69, 9.17) is 0 Å². The fourth-order valence-corrected chi connectivity index (χ4v) is 3.65. The lowest BCUT2D eigenvalue weighted by Crippen LogP contribution is -2.52. The van der Waals surface area contributed by atoms with Crippen LogP contribution in [0, 0.1) is 5.92 Å². The van der Waals surface area contributed by atoms with Gasteiger partial charge < -0.3 is 15.5 Å². The van der Waals surface area contributed by atoms with E-state index in [0.29, 0.717) is 5.56 Å². The zero-order chi connectivity index (χ0) is 16.9. The summed E-state index contributed by atoms with van der Waals surface area (Å²) in [6.45, 7) is 4.43. The molecule has 0 bridgehead atoms. The van der Waals surface area contributed by atoms with E-state index in [2.05, 4.69) is 17.6 Å². The van der Waals surface area contributed by atoms with Crippen LogP contribution >= 0.6 is 12.4 Å². The van der Waals surface area contributed by atoms with Crippen LogP contribution in [0.2, 0.25) is 0 Å². The van der Waals surface area contributed by atoms with Crippen LogP contribution < -0.4 is 10.6 Å². The molecule has 0 unspecified atom stereocenters. The standard InChI is InChI=1S/C19H27N3O2.ClH/c1-14-13-20-10-11-22(14)19(24)16-8-5-9-17(12-16)21-18(23)15-6-3-2-4-7-15;/h5,8-9,12,14-15,20H,2-4,6-7,10-11,13H2,1H3,(H,21,23);1H/t14-;/m1./s1. The van der Waals surface area contributed by atoms with Gasteiger partial charge in [0.15, 0.2) is 0 Å². The number of carbonyl (C=O) groups is 2. The molecule has 2 N–H and O–H groups in total. The summed E-state index contributed by atoms with van der Waals surface area (Å²) >= 11 is 0. The topological polar surface area (TPSA) is 61.4 Å². The van der Waals surface area contributed by atoms with Gasteiger partial charge in [-0.05, 0) is 38.0 Å². The van der Waals surface area contributed by atoms with E-state index in [1.807, 2.05) is 23.1 Å². The van der Waals surface area contributed by atoms with E-state index < -0.39 is 0 Å². The summed E-state index contributed by atoms with van der Waals surface area (Å²) in [5.41, 5.74) is 1.37. The molecule has 0 aromatic heterocycles. The van der Waals surface area contributed by atoms with E-state index in [0.717, 1.165) is 51.0 Å². The number of carbonyl (C=O) groups excluding carboxylic acids is 2. The summed E-state index contributed by atoms with van der Waals surface area (Å²) in [5, 5.41) is 6.29. The number of hydrogen-bond donors (Lipinski definition) is 2. The van der Waals surface area contributed by atoms with Crippen molar-refractivity contribution in [1.82, 2.24) is 10.2 Å². The van der Waals surface area contributed by atoms with Crippen molar-refractivity contribution < 1.29 is 9.59 Å². The summed E-state index contributed by atoms with van der Waals surface area (Å²) in [6, 6.07) is 7.52. The number of anilines is 1. The van der Waals surface area contributed by atoms with Gasteiger partial charge in [-0.15, -0.1) is 12.4 Å². The van der Waals surface area contributed by atoms with Crippen molar-refractivity contribution in [3.8, 4) is 0 Å². The van der Waals surface area contributed by atoms with Crippen molar-refractivity contribution in [2.75, 3.05) is 25.0 Å². The molecule has 1 aromatic rings. The van der Waals surface area contributed by atoms with Crippen molar-refractivity contribution in [2.45, 2.75) is 45.1 Å². The lowest BCUT2D eigenvalue weighted by atomic mass is 9.88. The molecular weight excluding hydrogens is 338 g/mol. The predicted octanol–water partition coefficient (Wildman–Crippen LogP) is 3.06. The molecule has 1 heterocycles. The molecule has 5 nitrogen and oxygen atoms in total. The maximum atomic E-state index is 12.7. The number of hydrogen-bond acceptors (Lipinski definition) is 3. The number of halogens is 1. The van der Waals surface area contributed by atoms with Gasteiger partial charge in [0.2, 0.25) is 5.91 Å². The third kappa shape index (κ3) is 4.95. The van der Waals surface area contributed by atoms with Crippen LogP contribution in [0.1, 0.15) is 49.4 Å². The van der Waals surface area contributed by atoms with Gasteiger partial charge in [0.05, 0.1) is 0 Å². The van der Waals surface area contributed by atoms with Gasteiger partial charge in [0.25, 0.3) is 5.91 Å². The maximum Gasteiger partial charge on any atom is 0.254 e. The summed E-state index contributed by atoms with van der Waals surface area (Å²) in [5.74, 6) is 0.249. The second kappa shape index (κ2) is 9.20. The Hall–Kier alpha value is -1.59. The summed E-state index contributed by atoms with van der Waals surface area (Å²) in [6.07, 6.45) is 5.46. The minimum absolute atomic E-state index is 0. The molecule has 2 fully saturated rings. The SMILES string of the molecule is C[C@@H]1CNCCN1C(=O)c1cccc(NC(=O)C2CCCCC2)c1.Cl. The van der Waals surface area contributed by atoms with Crippen molar-refractivity contribution in [3.05, 3.63) is 29.8 Å². The first-order valence-corrected chi connectivity index (χ1v) is 9.08. The van der Waals surface area contributed by atoms with Crippen LogP contribution in [0.25, 0.3) is 0 Å². The van der Waals surface area contributed by atoms with E-state index in [1.165, 1.54) is 6.42 Å². The Morgan fingerprint density at radius 1 is 1.20 bits per heavy atom. The smallest absolute Gasteiger partial charge is 0.254 e. The van der Waals surface area contributed by atoms with Gasteiger partial charge in [0.1, 0.15) is 0 Å². The molecule has 1 saturated carbocycles. The van der Waals surface area contributed by atoms with E-state index in [9.17, 15) is 9.59 Å². The second-order valence-electron chi connectivity index (χ2n) is 6.96. The molecule has 25 heavy (non-hydrogen) atoms. The molecule has 0 spiro atoms. The third-order valence-electron chi connectivity index (χ3n) is 5.12. The highest BCUT2D eigenvalue weighted by Gasteiger charge is 2.25. The lowest BCUT2D eigenvalue weighted by Gasteiger charge is -2.34. The molecule has 6 heteroatoms. The van der Waals surface area contributed by atoms with Crippen molar-refractivity contribution in [2.24, 2.45) is 5.92 Å². The van der Waals surface area contributed by atoms with Crippen LogP contribution in [-0.2, 0) is 4.79 Å². The monoisotopic (exact) mass is 365 g/mol. The zero-order valence-corrected chi connectivity index (χ0v) is 15.6. The van der Waals surface area contributed by atoms with Gasteiger partial charge in [0, 0.05) is 42.8 Å². The number of piperazine rings is 1. The van der Waals surface area contributed by atoms with Gasteiger partial charge in [-0.25, -0.2) is 0 Å². The van der Waals surface area contributed by atoms with Crippen LogP contribution in [0.3, 0.4) is 0 Å². The van der Waals surface area contributed by atoms with E-state index in [-0.39, 0.29) is 36.2 Å². The van der Waals surface area contributed by atoms with Crippen molar-refractivity contribution in [1.29, 1.82) is 0 Å². The largest absolute Gasteiger partial charge is 0.333 e. The molecule has 1 saturated heterocycles. The summed E-state index contributed by atoms with van der Waals surface area (Å²) in [7, 11) is 0. The Bertz CT molecular complexity index is 602.